The first-order chi connectivity index (χ1) is 10.2. The summed E-state index contributed by atoms with van der Waals surface area (Å²) in [6.07, 6.45) is 2.69. The second kappa shape index (κ2) is 8.40. The van der Waals surface area contributed by atoms with Crippen LogP contribution in [0.3, 0.4) is 0 Å². The lowest BCUT2D eigenvalue weighted by Crippen LogP contribution is -2.44. The monoisotopic (exact) mass is 290 g/mol. The molecule has 0 spiro atoms. The van der Waals surface area contributed by atoms with Gasteiger partial charge in [0.05, 0.1) is 0 Å². The Labute approximate surface area is 129 Å². The summed E-state index contributed by atoms with van der Waals surface area (Å²) in [7, 11) is 0. The number of nitrogens with one attached hydrogen (secondary N) is 1. The number of rotatable bonds is 7. The second-order valence-corrected chi connectivity index (χ2v) is 6.13. The van der Waals surface area contributed by atoms with Crippen molar-refractivity contribution < 1.29 is 4.74 Å². The molecule has 1 aromatic rings. The van der Waals surface area contributed by atoms with E-state index in [1.165, 1.54) is 24.9 Å². The van der Waals surface area contributed by atoms with Crippen LogP contribution in [0.4, 0.5) is 0 Å². The fourth-order valence-corrected chi connectivity index (χ4v) is 3.06. The maximum absolute atomic E-state index is 6.04. The molecule has 0 radical (unpaired) electrons. The third-order valence-electron chi connectivity index (χ3n) is 4.68. The lowest BCUT2D eigenvalue weighted by molar-refractivity contribution is 0.0956. The highest BCUT2D eigenvalue weighted by Gasteiger charge is 2.24. The third-order valence-corrected chi connectivity index (χ3v) is 4.68. The minimum Gasteiger partial charge on any atom is -0.492 e. The zero-order valence-electron chi connectivity index (χ0n) is 13.8. The van der Waals surface area contributed by atoms with Crippen LogP contribution in [0.15, 0.2) is 24.3 Å². The molecule has 3 nitrogen and oxygen atoms in total. The van der Waals surface area contributed by atoms with Crippen molar-refractivity contribution >= 4 is 0 Å². The Bertz CT molecular complexity index is 421. The Kier molecular flexibility index (Phi) is 6.52. The number of ether oxygens (including phenoxy) is 1. The van der Waals surface area contributed by atoms with Gasteiger partial charge in [0, 0.05) is 24.7 Å². The quantitative estimate of drug-likeness (QED) is 0.834. The highest BCUT2D eigenvalue weighted by atomic mass is 16.5. The zero-order chi connectivity index (χ0) is 15.1. The molecule has 1 aliphatic rings. The molecule has 0 amide bonds. The predicted octanol–water partition coefficient (Wildman–Crippen LogP) is 3.30. The van der Waals surface area contributed by atoms with E-state index >= 15 is 0 Å². The van der Waals surface area contributed by atoms with Gasteiger partial charge >= 0.3 is 0 Å². The number of hydrogen-bond donors (Lipinski definition) is 1. The molecule has 2 rings (SSSR count). The maximum Gasteiger partial charge on any atom is 0.123 e. The van der Waals surface area contributed by atoms with E-state index in [1.54, 1.807) is 0 Å². The van der Waals surface area contributed by atoms with Crippen molar-refractivity contribution in [3.63, 3.8) is 0 Å². The van der Waals surface area contributed by atoms with Gasteiger partial charge in [0.2, 0.25) is 0 Å². The Morgan fingerprint density at radius 2 is 2.10 bits per heavy atom. The zero-order valence-corrected chi connectivity index (χ0v) is 13.8. The number of piperidine rings is 1. The molecule has 3 heteroatoms. The minimum atomic E-state index is 0.680. The molecule has 2 atom stereocenters. The van der Waals surface area contributed by atoms with Crippen LogP contribution in [0.25, 0.3) is 0 Å². The average Bonchev–Trinajstić information content (AvgIpc) is 2.50. The number of para-hydroxylation sites is 1. The van der Waals surface area contributed by atoms with Gasteiger partial charge in [-0.3, -0.25) is 4.90 Å². The van der Waals surface area contributed by atoms with Gasteiger partial charge in [0.15, 0.2) is 0 Å². The number of benzene rings is 1. The molecule has 0 saturated carbocycles. The summed E-state index contributed by atoms with van der Waals surface area (Å²) in [5, 5.41) is 3.37. The molecule has 118 valence electrons. The van der Waals surface area contributed by atoms with Crippen LogP contribution in [-0.4, -0.2) is 37.2 Å². The SMILES string of the molecule is CCNCc1ccccc1OCCN1CCCC(C)C1C. The first-order valence-corrected chi connectivity index (χ1v) is 8.37. The van der Waals surface area contributed by atoms with Crippen LogP contribution >= 0.6 is 0 Å². The topological polar surface area (TPSA) is 24.5 Å². The van der Waals surface area contributed by atoms with Crippen LogP contribution in [-0.2, 0) is 6.54 Å². The number of likely N-dealkylation sites (tertiary alicyclic amines) is 1. The van der Waals surface area contributed by atoms with Gasteiger partial charge < -0.3 is 10.1 Å². The van der Waals surface area contributed by atoms with Crippen molar-refractivity contribution in [1.82, 2.24) is 10.2 Å². The second-order valence-electron chi connectivity index (χ2n) is 6.13. The van der Waals surface area contributed by atoms with Gasteiger partial charge in [-0.1, -0.05) is 32.0 Å². The molecule has 1 aromatic carbocycles. The van der Waals surface area contributed by atoms with Crippen molar-refractivity contribution in [1.29, 1.82) is 0 Å². The van der Waals surface area contributed by atoms with Crippen LogP contribution in [0.5, 0.6) is 5.75 Å². The average molecular weight is 290 g/mol. The van der Waals surface area contributed by atoms with E-state index in [1.807, 2.05) is 0 Å². The first-order valence-electron chi connectivity index (χ1n) is 8.37. The molecule has 1 aliphatic heterocycles. The van der Waals surface area contributed by atoms with Crippen molar-refractivity contribution in [2.24, 2.45) is 5.92 Å². The molecule has 1 fully saturated rings. The van der Waals surface area contributed by atoms with Crippen molar-refractivity contribution in [3.8, 4) is 5.75 Å². The standard InChI is InChI=1S/C18H30N2O/c1-4-19-14-17-9-5-6-10-18(17)21-13-12-20-11-7-8-15(2)16(20)3/h5-6,9-10,15-16,19H,4,7-8,11-14H2,1-3H3. The molecule has 2 unspecified atom stereocenters. The summed E-state index contributed by atoms with van der Waals surface area (Å²) in [6.45, 7) is 11.7. The lowest BCUT2D eigenvalue weighted by atomic mass is 9.92. The van der Waals surface area contributed by atoms with Gasteiger partial charge in [0.1, 0.15) is 12.4 Å². The normalized spacial score (nSPS) is 23.2. The summed E-state index contributed by atoms with van der Waals surface area (Å²) in [5.74, 6) is 1.83. The van der Waals surface area contributed by atoms with Crippen molar-refractivity contribution in [2.45, 2.75) is 46.2 Å². The van der Waals surface area contributed by atoms with Gasteiger partial charge in [-0.25, -0.2) is 0 Å². The molecule has 1 N–H and O–H groups in total. The molecular formula is C18H30N2O. The highest BCUT2D eigenvalue weighted by molar-refractivity contribution is 5.33. The number of hydrogen-bond acceptors (Lipinski definition) is 3. The predicted molar refractivity (Wildman–Crippen MR) is 88.8 cm³/mol. The van der Waals surface area contributed by atoms with E-state index in [4.69, 9.17) is 4.74 Å². The smallest absolute Gasteiger partial charge is 0.123 e. The van der Waals surface area contributed by atoms with Crippen molar-refractivity contribution in [3.05, 3.63) is 29.8 Å². The van der Waals surface area contributed by atoms with E-state index in [-0.39, 0.29) is 0 Å². The Balaban J connectivity index is 1.83. The summed E-state index contributed by atoms with van der Waals surface area (Å²) in [4.78, 5) is 2.57. The molecule has 0 aliphatic carbocycles. The summed E-state index contributed by atoms with van der Waals surface area (Å²) >= 11 is 0. The van der Waals surface area contributed by atoms with Gasteiger partial charge in [0.25, 0.3) is 0 Å². The fourth-order valence-electron chi connectivity index (χ4n) is 3.06. The molecule has 1 heterocycles. The molecule has 21 heavy (non-hydrogen) atoms. The summed E-state index contributed by atoms with van der Waals surface area (Å²) in [5.41, 5.74) is 1.25. The fraction of sp³-hybridized carbons (Fsp3) is 0.667. The summed E-state index contributed by atoms with van der Waals surface area (Å²) < 4.78 is 6.04. The van der Waals surface area contributed by atoms with Crippen LogP contribution in [0.1, 0.15) is 39.2 Å². The Hall–Kier alpha value is -1.06. The van der Waals surface area contributed by atoms with Gasteiger partial charge in [-0.15, -0.1) is 0 Å². The van der Waals surface area contributed by atoms with Crippen LogP contribution in [0, 0.1) is 5.92 Å². The molecule has 1 saturated heterocycles. The highest BCUT2D eigenvalue weighted by Crippen LogP contribution is 2.23. The lowest BCUT2D eigenvalue weighted by Gasteiger charge is -2.37. The third kappa shape index (κ3) is 4.72. The number of nitrogens with zero attached hydrogens (tertiary/aromatic N) is 1. The van der Waals surface area contributed by atoms with E-state index in [2.05, 4.69) is 55.3 Å². The summed E-state index contributed by atoms with van der Waals surface area (Å²) in [6, 6.07) is 9.03. The first kappa shape index (κ1) is 16.3. The van der Waals surface area contributed by atoms with E-state index in [0.717, 1.165) is 37.9 Å². The van der Waals surface area contributed by atoms with Crippen LogP contribution < -0.4 is 10.1 Å². The Morgan fingerprint density at radius 1 is 1.29 bits per heavy atom. The maximum atomic E-state index is 6.04. The van der Waals surface area contributed by atoms with Gasteiger partial charge in [-0.2, -0.15) is 0 Å². The van der Waals surface area contributed by atoms with E-state index in [0.29, 0.717) is 6.04 Å². The molecular weight excluding hydrogens is 260 g/mol. The molecule has 0 bridgehead atoms. The van der Waals surface area contributed by atoms with E-state index < -0.39 is 0 Å². The molecule has 0 aromatic heterocycles. The van der Waals surface area contributed by atoms with Crippen molar-refractivity contribution in [2.75, 3.05) is 26.2 Å². The largest absolute Gasteiger partial charge is 0.492 e. The van der Waals surface area contributed by atoms with Gasteiger partial charge in [-0.05, 0) is 44.8 Å². The van der Waals surface area contributed by atoms with E-state index in [9.17, 15) is 0 Å². The van der Waals surface area contributed by atoms with Crippen LogP contribution in [0.2, 0.25) is 0 Å². The Morgan fingerprint density at radius 3 is 2.90 bits per heavy atom. The minimum absolute atomic E-state index is 0.680.